The molecule has 1 aliphatic heterocycles. The van der Waals surface area contributed by atoms with Crippen LogP contribution in [0.15, 0.2) is 10.6 Å². The summed E-state index contributed by atoms with van der Waals surface area (Å²) in [7, 11) is 0. The highest BCUT2D eigenvalue weighted by atomic mass is 16.4. The summed E-state index contributed by atoms with van der Waals surface area (Å²) in [6.07, 6.45) is 3.60. The largest absolute Gasteiger partial charge is 0.444 e. The zero-order valence-corrected chi connectivity index (χ0v) is 12.0. The van der Waals surface area contributed by atoms with Gasteiger partial charge >= 0.3 is 0 Å². The van der Waals surface area contributed by atoms with Gasteiger partial charge in [0.25, 0.3) is 0 Å². The van der Waals surface area contributed by atoms with Gasteiger partial charge in [-0.15, -0.1) is 0 Å². The van der Waals surface area contributed by atoms with Crippen LogP contribution in [0.5, 0.6) is 0 Å². The van der Waals surface area contributed by atoms with E-state index in [1.54, 1.807) is 24.9 Å². The Morgan fingerprint density at radius 1 is 1.50 bits per heavy atom. The van der Waals surface area contributed by atoms with E-state index in [1.165, 1.54) is 0 Å². The van der Waals surface area contributed by atoms with Gasteiger partial charge < -0.3 is 14.6 Å². The van der Waals surface area contributed by atoms with E-state index in [2.05, 4.69) is 10.3 Å². The van der Waals surface area contributed by atoms with Crippen LogP contribution in [0, 0.1) is 12.8 Å². The van der Waals surface area contributed by atoms with Crippen molar-refractivity contribution < 1.29 is 14.0 Å². The summed E-state index contributed by atoms with van der Waals surface area (Å²) in [4.78, 5) is 30.6. The standard InChI is InChI=1S/C14H19N3O3/c1-8-6-15-11(20-8)7-17-9(2)12(18)16-14(3,13(17)19)10-4-5-10/h6,9-10H,4-5,7H2,1-3H3,(H,16,18). The molecule has 1 N–H and O–H groups in total. The van der Waals surface area contributed by atoms with E-state index in [4.69, 9.17) is 4.42 Å². The van der Waals surface area contributed by atoms with Crippen LogP contribution in [0.4, 0.5) is 0 Å². The van der Waals surface area contributed by atoms with Gasteiger partial charge in [0.05, 0.1) is 12.7 Å². The lowest BCUT2D eigenvalue weighted by Gasteiger charge is -2.43. The third-order valence-electron chi connectivity index (χ3n) is 4.30. The Bertz CT molecular complexity index is 564. The molecule has 2 amide bonds. The predicted molar refractivity (Wildman–Crippen MR) is 70.5 cm³/mol. The molecule has 1 aromatic rings. The quantitative estimate of drug-likeness (QED) is 0.894. The van der Waals surface area contributed by atoms with E-state index in [-0.39, 0.29) is 24.3 Å². The van der Waals surface area contributed by atoms with Crippen LogP contribution < -0.4 is 5.32 Å². The van der Waals surface area contributed by atoms with Crippen molar-refractivity contribution in [1.29, 1.82) is 0 Å². The van der Waals surface area contributed by atoms with Crippen LogP contribution in [0.25, 0.3) is 0 Å². The van der Waals surface area contributed by atoms with E-state index < -0.39 is 11.6 Å². The lowest BCUT2D eigenvalue weighted by Crippen LogP contribution is -2.69. The molecular formula is C14H19N3O3. The van der Waals surface area contributed by atoms with Crippen molar-refractivity contribution in [2.75, 3.05) is 0 Å². The second-order valence-electron chi connectivity index (χ2n) is 5.94. The Labute approximate surface area is 117 Å². The van der Waals surface area contributed by atoms with E-state index in [0.29, 0.717) is 11.7 Å². The van der Waals surface area contributed by atoms with Crippen LogP contribution in [-0.4, -0.2) is 33.3 Å². The third kappa shape index (κ3) is 1.99. The molecule has 2 unspecified atom stereocenters. The Hall–Kier alpha value is -1.85. The lowest BCUT2D eigenvalue weighted by molar-refractivity contribution is -0.155. The van der Waals surface area contributed by atoms with Crippen LogP contribution >= 0.6 is 0 Å². The second kappa shape index (κ2) is 4.33. The second-order valence-corrected chi connectivity index (χ2v) is 5.94. The zero-order valence-electron chi connectivity index (χ0n) is 12.0. The van der Waals surface area contributed by atoms with Gasteiger partial charge in [-0.05, 0) is 39.5 Å². The molecule has 0 spiro atoms. The number of piperazine rings is 1. The van der Waals surface area contributed by atoms with Gasteiger partial charge in [0.15, 0.2) is 0 Å². The molecule has 0 aromatic carbocycles. The van der Waals surface area contributed by atoms with Gasteiger partial charge in [0.1, 0.15) is 17.3 Å². The SMILES string of the molecule is Cc1cnc(CN2C(=O)C(C)(C3CC3)NC(=O)C2C)o1. The Morgan fingerprint density at radius 2 is 2.20 bits per heavy atom. The molecule has 0 radical (unpaired) electrons. The average molecular weight is 277 g/mol. The highest BCUT2D eigenvalue weighted by molar-refractivity contribution is 5.99. The number of hydrogen-bond acceptors (Lipinski definition) is 4. The van der Waals surface area contributed by atoms with Gasteiger partial charge in [-0.2, -0.15) is 0 Å². The minimum atomic E-state index is -0.773. The molecule has 6 nitrogen and oxygen atoms in total. The maximum absolute atomic E-state index is 12.7. The molecule has 1 aromatic heterocycles. The first-order chi connectivity index (χ1) is 9.41. The van der Waals surface area contributed by atoms with E-state index in [0.717, 1.165) is 12.8 Å². The fourth-order valence-electron chi connectivity index (χ4n) is 2.80. The minimum Gasteiger partial charge on any atom is -0.444 e. The molecule has 108 valence electrons. The molecule has 1 saturated heterocycles. The molecular weight excluding hydrogens is 258 g/mol. The number of aryl methyl sites for hydroxylation is 1. The normalized spacial score (nSPS) is 30.6. The number of rotatable bonds is 3. The number of hydrogen-bond donors (Lipinski definition) is 1. The molecule has 6 heteroatoms. The molecule has 2 aliphatic rings. The lowest BCUT2D eigenvalue weighted by atomic mass is 9.89. The van der Waals surface area contributed by atoms with Gasteiger partial charge in [0.2, 0.25) is 17.7 Å². The first-order valence-corrected chi connectivity index (χ1v) is 6.96. The molecule has 0 bridgehead atoms. The summed E-state index contributed by atoms with van der Waals surface area (Å²) in [5.74, 6) is 1.27. The Balaban J connectivity index is 1.86. The van der Waals surface area contributed by atoms with Gasteiger partial charge in [-0.25, -0.2) is 4.98 Å². The van der Waals surface area contributed by atoms with Crippen LogP contribution in [0.2, 0.25) is 0 Å². The monoisotopic (exact) mass is 277 g/mol. The van der Waals surface area contributed by atoms with Crippen molar-refractivity contribution in [2.45, 2.75) is 51.7 Å². The van der Waals surface area contributed by atoms with Crippen molar-refractivity contribution in [3.8, 4) is 0 Å². The summed E-state index contributed by atoms with van der Waals surface area (Å²) in [6, 6.07) is -0.499. The first-order valence-electron chi connectivity index (χ1n) is 6.96. The molecule has 2 atom stereocenters. The number of carbonyl (C=O) groups excluding carboxylic acids is 2. The summed E-state index contributed by atoms with van der Waals surface area (Å²) in [6.45, 7) is 5.60. The van der Waals surface area contributed by atoms with Crippen molar-refractivity contribution in [3.05, 3.63) is 17.8 Å². The molecule has 2 fully saturated rings. The van der Waals surface area contributed by atoms with Crippen molar-refractivity contribution in [3.63, 3.8) is 0 Å². The summed E-state index contributed by atoms with van der Waals surface area (Å²) in [5, 5.41) is 2.89. The molecule has 1 saturated carbocycles. The molecule has 3 rings (SSSR count). The summed E-state index contributed by atoms with van der Waals surface area (Å²) >= 11 is 0. The Kier molecular flexibility index (Phi) is 2.84. The summed E-state index contributed by atoms with van der Waals surface area (Å²) in [5.41, 5.74) is -0.773. The van der Waals surface area contributed by atoms with E-state index in [9.17, 15) is 9.59 Å². The molecule has 2 heterocycles. The van der Waals surface area contributed by atoms with E-state index >= 15 is 0 Å². The smallest absolute Gasteiger partial charge is 0.249 e. The summed E-state index contributed by atoms with van der Waals surface area (Å²) < 4.78 is 5.43. The molecule has 20 heavy (non-hydrogen) atoms. The predicted octanol–water partition coefficient (Wildman–Crippen LogP) is 0.999. The number of nitrogens with one attached hydrogen (secondary N) is 1. The first kappa shape index (κ1) is 13.1. The molecule has 1 aliphatic carbocycles. The van der Waals surface area contributed by atoms with Crippen molar-refractivity contribution >= 4 is 11.8 Å². The topological polar surface area (TPSA) is 75.4 Å². The highest BCUT2D eigenvalue weighted by Crippen LogP contribution is 2.42. The van der Waals surface area contributed by atoms with Crippen LogP contribution in [0.3, 0.4) is 0 Å². The number of nitrogens with zero attached hydrogens (tertiary/aromatic N) is 2. The number of carbonyl (C=O) groups is 2. The van der Waals surface area contributed by atoms with Crippen molar-refractivity contribution in [1.82, 2.24) is 15.2 Å². The maximum Gasteiger partial charge on any atom is 0.249 e. The number of amides is 2. The fraction of sp³-hybridized carbons (Fsp3) is 0.643. The zero-order chi connectivity index (χ0) is 14.5. The van der Waals surface area contributed by atoms with Crippen LogP contribution in [-0.2, 0) is 16.1 Å². The average Bonchev–Trinajstić information content (AvgIpc) is 3.17. The minimum absolute atomic E-state index is 0.0389. The fourth-order valence-corrected chi connectivity index (χ4v) is 2.80. The van der Waals surface area contributed by atoms with Gasteiger partial charge in [-0.3, -0.25) is 9.59 Å². The number of oxazole rings is 1. The van der Waals surface area contributed by atoms with Crippen molar-refractivity contribution in [2.24, 2.45) is 5.92 Å². The van der Waals surface area contributed by atoms with Gasteiger partial charge in [-0.1, -0.05) is 0 Å². The maximum atomic E-state index is 12.7. The Morgan fingerprint density at radius 3 is 2.75 bits per heavy atom. The highest BCUT2D eigenvalue weighted by Gasteiger charge is 2.54. The third-order valence-corrected chi connectivity index (χ3v) is 4.30. The van der Waals surface area contributed by atoms with Gasteiger partial charge in [0, 0.05) is 0 Å². The van der Waals surface area contributed by atoms with E-state index in [1.807, 2.05) is 6.92 Å². The number of aromatic nitrogens is 1. The van der Waals surface area contributed by atoms with Crippen LogP contribution in [0.1, 0.15) is 38.3 Å².